The summed E-state index contributed by atoms with van der Waals surface area (Å²) in [6.07, 6.45) is 0. The van der Waals surface area contributed by atoms with Crippen molar-refractivity contribution in [1.29, 1.82) is 0 Å². The van der Waals surface area contributed by atoms with E-state index < -0.39 is 5.60 Å². The number of aryl methyl sites for hydroxylation is 1. The van der Waals surface area contributed by atoms with Crippen LogP contribution in [0.15, 0.2) is 48.5 Å². The first-order chi connectivity index (χ1) is 9.54. The maximum atomic E-state index is 10.5. The van der Waals surface area contributed by atoms with Gasteiger partial charge in [-0.25, -0.2) is 0 Å². The van der Waals surface area contributed by atoms with Crippen LogP contribution in [0.3, 0.4) is 0 Å². The molecule has 0 saturated heterocycles. The van der Waals surface area contributed by atoms with Crippen LogP contribution in [0.1, 0.15) is 23.6 Å². The average Bonchev–Trinajstić information content (AvgIpc) is 2.46. The fraction of sp³-hybridized carbons (Fsp3) is 0.294. The molecule has 20 heavy (non-hydrogen) atoms. The van der Waals surface area contributed by atoms with Gasteiger partial charge < -0.3 is 14.9 Å². The fourth-order valence-electron chi connectivity index (χ4n) is 2.14. The number of para-hydroxylation sites is 1. The topological polar surface area (TPSA) is 49.7 Å². The van der Waals surface area contributed by atoms with Crippen LogP contribution in [0.2, 0.25) is 0 Å². The van der Waals surface area contributed by atoms with Crippen molar-refractivity contribution in [3.8, 4) is 5.75 Å². The zero-order valence-corrected chi connectivity index (χ0v) is 11.8. The maximum absolute atomic E-state index is 10.5. The van der Waals surface area contributed by atoms with Crippen molar-refractivity contribution in [2.75, 3.05) is 6.61 Å². The van der Waals surface area contributed by atoms with Gasteiger partial charge in [0.05, 0.1) is 6.61 Å². The molecular formula is C17H20O3. The standard InChI is InChI=1S/C17H20O3/c1-13-7-6-8-14(11-18)16(13)20-12-17(2,19)15-9-4-3-5-10-15/h3-10,18-19H,11-12H2,1-2H3. The van der Waals surface area contributed by atoms with Crippen molar-refractivity contribution in [2.45, 2.75) is 26.1 Å². The van der Waals surface area contributed by atoms with E-state index >= 15 is 0 Å². The third-order valence-corrected chi connectivity index (χ3v) is 3.36. The molecule has 2 aromatic carbocycles. The second-order valence-corrected chi connectivity index (χ2v) is 5.15. The third-order valence-electron chi connectivity index (χ3n) is 3.36. The lowest BCUT2D eigenvalue weighted by molar-refractivity contribution is 0.00674. The molecule has 2 N–H and O–H groups in total. The number of hydrogen-bond acceptors (Lipinski definition) is 3. The molecule has 0 heterocycles. The van der Waals surface area contributed by atoms with Crippen molar-refractivity contribution >= 4 is 0 Å². The monoisotopic (exact) mass is 272 g/mol. The van der Waals surface area contributed by atoms with Crippen molar-refractivity contribution in [3.05, 3.63) is 65.2 Å². The molecule has 1 atom stereocenters. The summed E-state index contributed by atoms with van der Waals surface area (Å²) in [7, 11) is 0. The van der Waals surface area contributed by atoms with Crippen molar-refractivity contribution in [1.82, 2.24) is 0 Å². The number of rotatable bonds is 5. The summed E-state index contributed by atoms with van der Waals surface area (Å²) >= 11 is 0. The van der Waals surface area contributed by atoms with Crippen LogP contribution in [0.5, 0.6) is 5.75 Å². The smallest absolute Gasteiger partial charge is 0.127 e. The largest absolute Gasteiger partial charge is 0.490 e. The van der Waals surface area contributed by atoms with Gasteiger partial charge in [0, 0.05) is 5.56 Å². The van der Waals surface area contributed by atoms with Crippen LogP contribution in [0.25, 0.3) is 0 Å². The Labute approximate surface area is 119 Å². The second kappa shape index (κ2) is 6.07. The summed E-state index contributed by atoms with van der Waals surface area (Å²) < 4.78 is 5.77. The first-order valence-electron chi connectivity index (χ1n) is 6.64. The highest BCUT2D eigenvalue weighted by Crippen LogP contribution is 2.27. The summed E-state index contributed by atoms with van der Waals surface area (Å²) in [6.45, 7) is 3.70. The Kier molecular flexibility index (Phi) is 4.42. The van der Waals surface area contributed by atoms with Crippen LogP contribution in [-0.4, -0.2) is 16.8 Å². The van der Waals surface area contributed by atoms with Crippen LogP contribution in [0.4, 0.5) is 0 Å². The van der Waals surface area contributed by atoms with E-state index in [2.05, 4.69) is 0 Å². The molecule has 0 aliphatic carbocycles. The number of ether oxygens (including phenoxy) is 1. The molecule has 0 aliphatic rings. The summed E-state index contributed by atoms with van der Waals surface area (Å²) in [5.74, 6) is 0.645. The van der Waals surface area contributed by atoms with E-state index in [0.717, 1.165) is 16.7 Å². The molecule has 0 aromatic heterocycles. The van der Waals surface area contributed by atoms with Crippen molar-refractivity contribution in [2.24, 2.45) is 0 Å². The zero-order valence-electron chi connectivity index (χ0n) is 11.8. The Morgan fingerprint density at radius 2 is 1.75 bits per heavy atom. The van der Waals surface area contributed by atoms with Gasteiger partial charge in [-0.1, -0.05) is 48.5 Å². The molecule has 0 bridgehead atoms. The molecule has 0 radical (unpaired) electrons. The Hall–Kier alpha value is -1.84. The molecular weight excluding hydrogens is 252 g/mol. The van der Waals surface area contributed by atoms with Gasteiger partial charge in [0.15, 0.2) is 0 Å². The number of hydrogen-bond donors (Lipinski definition) is 2. The predicted octanol–water partition coefficient (Wildman–Crippen LogP) is 2.77. The Morgan fingerprint density at radius 1 is 1.05 bits per heavy atom. The summed E-state index contributed by atoms with van der Waals surface area (Å²) in [5.41, 5.74) is 1.41. The first kappa shape index (κ1) is 14.6. The molecule has 3 nitrogen and oxygen atoms in total. The molecule has 2 rings (SSSR count). The van der Waals surface area contributed by atoms with Crippen LogP contribution < -0.4 is 4.74 Å². The highest BCUT2D eigenvalue weighted by molar-refractivity contribution is 5.40. The van der Waals surface area contributed by atoms with Gasteiger partial charge in [0.2, 0.25) is 0 Å². The number of aliphatic hydroxyl groups is 2. The Morgan fingerprint density at radius 3 is 2.40 bits per heavy atom. The fourth-order valence-corrected chi connectivity index (χ4v) is 2.14. The SMILES string of the molecule is Cc1cccc(CO)c1OCC(C)(O)c1ccccc1. The lowest BCUT2D eigenvalue weighted by Crippen LogP contribution is -2.29. The van der Waals surface area contributed by atoms with Gasteiger partial charge in [-0.3, -0.25) is 0 Å². The van der Waals surface area contributed by atoms with Crippen LogP contribution >= 0.6 is 0 Å². The van der Waals surface area contributed by atoms with E-state index in [-0.39, 0.29) is 13.2 Å². The summed E-state index contributed by atoms with van der Waals surface area (Å²) in [4.78, 5) is 0. The molecule has 2 aromatic rings. The van der Waals surface area contributed by atoms with E-state index in [9.17, 15) is 10.2 Å². The summed E-state index contributed by atoms with van der Waals surface area (Å²) in [5, 5.41) is 19.9. The Balaban J connectivity index is 2.17. The van der Waals surface area contributed by atoms with E-state index in [1.165, 1.54) is 0 Å². The molecule has 0 aliphatic heterocycles. The van der Waals surface area contributed by atoms with Gasteiger partial charge in [0.1, 0.15) is 18.0 Å². The van der Waals surface area contributed by atoms with E-state index in [1.807, 2.05) is 55.5 Å². The van der Waals surface area contributed by atoms with E-state index in [1.54, 1.807) is 6.92 Å². The normalized spacial score (nSPS) is 13.8. The molecule has 106 valence electrons. The predicted molar refractivity (Wildman–Crippen MR) is 78.6 cm³/mol. The molecule has 0 fully saturated rings. The molecule has 0 spiro atoms. The van der Waals surface area contributed by atoms with Crippen LogP contribution in [0, 0.1) is 6.92 Å². The molecule has 1 unspecified atom stereocenters. The lowest BCUT2D eigenvalue weighted by atomic mass is 9.97. The lowest BCUT2D eigenvalue weighted by Gasteiger charge is -2.25. The van der Waals surface area contributed by atoms with Gasteiger partial charge in [-0.05, 0) is 25.0 Å². The molecule has 0 amide bonds. The van der Waals surface area contributed by atoms with E-state index in [4.69, 9.17) is 4.74 Å². The zero-order chi connectivity index (χ0) is 14.6. The van der Waals surface area contributed by atoms with Gasteiger partial charge >= 0.3 is 0 Å². The van der Waals surface area contributed by atoms with Crippen molar-refractivity contribution in [3.63, 3.8) is 0 Å². The highest BCUT2D eigenvalue weighted by atomic mass is 16.5. The minimum absolute atomic E-state index is 0.0789. The average molecular weight is 272 g/mol. The third kappa shape index (κ3) is 3.18. The molecule has 0 saturated carbocycles. The minimum atomic E-state index is -1.07. The number of benzene rings is 2. The Bertz CT molecular complexity index is 562. The van der Waals surface area contributed by atoms with E-state index in [0.29, 0.717) is 5.75 Å². The minimum Gasteiger partial charge on any atom is -0.490 e. The highest BCUT2D eigenvalue weighted by Gasteiger charge is 2.24. The first-order valence-corrected chi connectivity index (χ1v) is 6.64. The van der Waals surface area contributed by atoms with Gasteiger partial charge in [-0.2, -0.15) is 0 Å². The quantitative estimate of drug-likeness (QED) is 0.880. The molecule has 3 heteroatoms. The summed E-state index contributed by atoms with van der Waals surface area (Å²) in [6, 6.07) is 15.0. The van der Waals surface area contributed by atoms with Gasteiger partial charge in [-0.15, -0.1) is 0 Å². The number of aliphatic hydroxyl groups excluding tert-OH is 1. The van der Waals surface area contributed by atoms with Crippen molar-refractivity contribution < 1.29 is 14.9 Å². The van der Waals surface area contributed by atoms with Gasteiger partial charge in [0.25, 0.3) is 0 Å². The van der Waals surface area contributed by atoms with Crippen LogP contribution in [-0.2, 0) is 12.2 Å². The second-order valence-electron chi connectivity index (χ2n) is 5.15. The maximum Gasteiger partial charge on any atom is 0.127 e.